The zero-order valence-corrected chi connectivity index (χ0v) is 17.9. The second-order valence-electron chi connectivity index (χ2n) is 8.25. The average molecular weight is 421 g/mol. The van der Waals surface area contributed by atoms with Crippen LogP contribution in [0, 0.1) is 12.8 Å². The molecule has 0 spiro atoms. The first kappa shape index (κ1) is 20.9. The van der Waals surface area contributed by atoms with Crippen LogP contribution in [-0.4, -0.2) is 45.4 Å². The first-order chi connectivity index (χ1) is 15.0. The number of hydrogen-bond acceptors (Lipinski definition) is 5. The van der Waals surface area contributed by atoms with Gasteiger partial charge in [0.25, 0.3) is 0 Å². The van der Waals surface area contributed by atoms with Gasteiger partial charge >= 0.3 is 6.09 Å². The number of phenolic OH excluding ortho intramolecular Hbond substituents is 1. The summed E-state index contributed by atoms with van der Waals surface area (Å²) in [5, 5.41) is 23.3. The van der Waals surface area contributed by atoms with Gasteiger partial charge < -0.3 is 20.4 Å². The fourth-order valence-corrected chi connectivity index (χ4v) is 4.45. The fraction of sp³-hybridized carbons (Fsp3) is 0.375. The zero-order chi connectivity index (χ0) is 22.0. The minimum Gasteiger partial charge on any atom is -0.507 e. The molecular weight excluding hydrogens is 392 g/mol. The number of aromatic hydroxyl groups is 1. The molecule has 0 bridgehead atoms. The molecule has 1 fully saturated rings. The fourth-order valence-electron chi connectivity index (χ4n) is 4.45. The lowest BCUT2D eigenvalue weighted by Gasteiger charge is -2.25. The molecule has 1 amide bonds. The predicted octanol–water partition coefficient (Wildman–Crippen LogP) is 4.57. The van der Waals surface area contributed by atoms with Gasteiger partial charge in [0.2, 0.25) is 0 Å². The van der Waals surface area contributed by atoms with E-state index in [0.717, 1.165) is 54.6 Å². The van der Waals surface area contributed by atoms with Crippen LogP contribution in [0.5, 0.6) is 5.75 Å². The summed E-state index contributed by atoms with van der Waals surface area (Å²) in [4.78, 5) is 23.1. The standard InChI is InChI=1S/C24H28N4O3/c1-3-6-19(26-24(30)31)16-11-12-28(14-16)23-17-10-9-15(2)13-20(17)25-22(27-23)18-7-4-5-8-21(18)29/h4-5,7-10,13,16,19,26,29H,3,6,11-12,14H2,1-2H3,(H,30,31). The molecule has 0 radical (unpaired) electrons. The van der Waals surface area contributed by atoms with Gasteiger partial charge in [0.15, 0.2) is 5.82 Å². The summed E-state index contributed by atoms with van der Waals surface area (Å²) in [5.74, 6) is 1.69. The molecule has 2 aromatic carbocycles. The largest absolute Gasteiger partial charge is 0.507 e. The molecule has 2 atom stereocenters. The van der Waals surface area contributed by atoms with Crippen LogP contribution in [0.25, 0.3) is 22.3 Å². The number of carboxylic acid groups (broad SMARTS) is 1. The highest BCUT2D eigenvalue weighted by Crippen LogP contribution is 2.34. The van der Waals surface area contributed by atoms with Crippen LogP contribution in [0.3, 0.4) is 0 Å². The van der Waals surface area contributed by atoms with Gasteiger partial charge in [-0.1, -0.05) is 31.5 Å². The molecule has 3 aromatic rings. The summed E-state index contributed by atoms with van der Waals surface area (Å²) >= 11 is 0. The maximum absolute atomic E-state index is 11.3. The summed E-state index contributed by atoms with van der Waals surface area (Å²) in [6.07, 6.45) is 1.67. The van der Waals surface area contributed by atoms with E-state index in [9.17, 15) is 15.0 Å². The third-order valence-electron chi connectivity index (χ3n) is 5.98. The molecule has 0 aliphatic carbocycles. The topological polar surface area (TPSA) is 98.6 Å². The van der Waals surface area contributed by atoms with E-state index < -0.39 is 6.09 Å². The number of amides is 1. The maximum Gasteiger partial charge on any atom is 0.404 e. The second-order valence-corrected chi connectivity index (χ2v) is 8.25. The summed E-state index contributed by atoms with van der Waals surface area (Å²) in [6.45, 7) is 5.62. The van der Waals surface area contributed by atoms with Gasteiger partial charge in [0.1, 0.15) is 11.6 Å². The molecule has 0 saturated carbocycles. The number of nitrogens with zero attached hydrogens (tertiary/aromatic N) is 3. The van der Waals surface area contributed by atoms with Crippen LogP contribution >= 0.6 is 0 Å². The van der Waals surface area contributed by atoms with E-state index in [2.05, 4.69) is 17.1 Å². The van der Waals surface area contributed by atoms with E-state index in [4.69, 9.17) is 9.97 Å². The van der Waals surface area contributed by atoms with Gasteiger partial charge in [0.05, 0.1) is 11.1 Å². The van der Waals surface area contributed by atoms with Crippen LogP contribution in [-0.2, 0) is 0 Å². The van der Waals surface area contributed by atoms with E-state index in [0.29, 0.717) is 11.4 Å². The molecule has 162 valence electrons. The Bertz CT molecular complexity index is 1100. The van der Waals surface area contributed by atoms with Gasteiger partial charge in [0, 0.05) is 24.5 Å². The van der Waals surface area contributed by atoms with Crippen LogP contribution in [0.4, 0.5) is 10.6 Å². The van der Waals surface area contributed by atoms with Crippen LogP contribution in [0.2, 0.25) is 0 Å². The van der Waals surface area contributed by atoms with Crippen molar-refractivity contribution in [2.45, 2.75) is 39.2 Å². The molecule has 2 heterocycles. The monoisotopic (exact) mass is 420 g/mol. The zero-order valence-electron chi connectivity index (χ0n) is 17.9. The summed E-state index contributed by atoms with van der Waals surface area (Å²) in [7, 11) is 0. The Hall–Kier alpha value is -3.35. The minimum absolute atomic E-state index is 0.0690. The molecule has 2 unspecified atom stereocenters. The van der Waals surface area contributed by atoms with Gasteiger partial charge in [-0.15, -0.1) is 0 Å². The van der Waals surface area contributed by atoms with Gasteiger partial charge in [-0.2, -0.15) is 0 Å². The Morgan fingerprint density at radius 3 is 2.81 bits per heavy atom. The number of rotatable bonds is 6. The van der Waals surface area contributed by atoms with Crippen molar-refractivity contribution in [3.63, 3.8) is 0 Å². The molecule has 1 aromatic heterocycles. The van der Waals surface area contributed by atoms with Crippen molar-refractivity contribution in [1.82, 2.24) is 15.3 Å². The normalized spacial score (nSPS) is 17.1. The Morgan fingerprint density at radius 2 is 2.06 bits per heavy atom. The van der Waals surface area contributed by atoms with E-state index in [1.807, 2.05) is 37.3 Å². The predicted molar refractivity (Wildman–Crippen MR) is 122 cm³/mol. The number of nitrogens with one attached hydrogen (secondary N) is 1. The number of fused-ring (bicyclic) bond motifs is 1. The summed E-state index contributed by atoms with van der Waals surface area (Å²) < 4.78 is 0. The Morgan fingerprint density at radius 1 is 1.26 bits per heavy atom. The minimum atomic E-state index is -0.971. The molecule has 3 N–H and O–H groups in total. The van der Waals surface area contributed by atoms with Crippen molar-refractivity contribution in [2.75, 3.05) is 18.0 Å². The second kappa shape index (κ2) is 8.79. The summed E-state index contributed by atoms with van der Waals surface area (Å²) in [5.41, 5.74) is 2.54. The molecule has 1 aliphatic heterocycles. The SMILES string of the molecule is CCCC(NC(=O)O)C1CCN(c2nc(-c3ccccc3O)nc3cc(C)ccc23)C1. The van der Waals surface area contributed by atoms with Crippen molar-refractivity contribution < 1.29 is 15.0 Å². The van der Waals surface area contributed by atoms with Crippen molar-refractivity contribution in [3.8, 4) is 17.1 Å². The quantitative estimate of drug-likeness (QED) is 0.540. The number of aryl methyl sites for hydroxylation is 1. The highest BCUT2D eigenvalue weighted by atomic mass is 16.4. The number of benzene rings is 2. The van der Waals surface area contributed by atoms with Crippen LogP contribution < -0.4 is 10.2 Å². The molecular formula is C24H28N4O3. The third kappa shape index (κ3) is 4.40. The molecule has 7 nitrogen and oxygen atoms in total. The van der Waals surface area contributed by atoms with Crippen molar-refractivity contribution >= 4 is 22.8 Å². The molecule has 1 saturated heterocycles. The number of anilines is 1. The molecule has 31 heavy (non-hydrogen) atoms. The highest BCUT2D eigenvalue weighted by Gasteiger charge is 2.32. The Labute approximate surface area is 181 Å². The summed E-state index contributed by atoms with van der Waals surface area (Å²) in [6, 6.07) is 13.1. The van der Waals surface area contributed by atoms with E-state index in [1.54, 1.807) is 12.1 Å². The lowest BCUT2D eigenvalue weighted by atomic mass is 9.95. The van der Waals surface area contributed by atoms with Gasteiger partial charge in [-0.25, -0.2) is 14.8 Å². The first-order valence-corrected chi connectivity index (χ1v) is 10.8. The average Bonchev–Trinajstić information content (AvgIpc) is 3.22. The highest BCUT2D eigenvalue weighted by molar-refractivity contribution is 5.92. The lowest BCUT2D eigenvalue weighted by molar-refractivity contribution is 0.183. The van der Waals surface area contributed by atoms with Gasteiger partial charge in [-0.05, 0) is 55.5 Å². The number of phenols is 1. The van der Waals surface area contributed by atoms with Gasteiger partial charge in [-0.3, -0.25) is 0 Å². The van der Waals surface area contributed by atoms with Crippen molar-refractivity contribution in [3.05, 3.63) is 48.0 Å². The van der Waals surface area contributed by atoms with E-state index in [-0.39, 0.29) is 17.7 Å². The molecule has 1 aliphatic rings. The molecule has 4 rings (SSSR count). The van der Waals surface area contributed by atoms with Crippen LogP contribution in [0.1, 0.15) is 31.7 Å². The van der Waals surface area contributed by atoms with E-state index in [1.165, 1.54) is 0 Å². The number of carbonyl (C=O) groups is 1. The van der Waals surface area contributed by atoms with E-state index >= 15 is 0 Å². The maximum atomic E-state index is 11.3. The number of aromatic nitrogens is 2. The molecule has 7 heteroatoms. The Kier molecular flexibility index (Phi) is 5.93. The van der Waals surface area contributed by atoms with Crippen molar-refractivity contribution in [1.29, 1.82) is 0 Å². The lowest BCUT2D eigenvalue weighted by Crippen LogP contribution is -2.40. The van der Waals surface area contributed by atoms with Crippen LogP contribution in [0.15, 0.2) is 42.5 Å². The number of para-hydroxylation sites is 1. The third-order valence-corrected chi connectivity index (χ3v) is 5.98. The first-order valence-electron chi connectivity index (χ1n) is 10.8. The Balaban J connectivity index is 1.73. The smallest absolute Gasteiger partial charge is 0.404 e. The van der Waals surface area contributed by atoms with Crippen molar-refractivity contribution in [2.24, 2.45) is 5.92 Å². The number of hydrogen-bond donors (Lipinski definition) is 3.